The van der Waals surface area contributed by atoms with E-state index in [1.165, 1.54) is 36.6 Å². The predicted molar refractivity (Wildman–Crippen MR) is 121 cm³/mol. The number of carbonyl (C=O) groups is 1. The Hall–Kier alpha value is -3.40. The Morgan fingerprint density at radius 3 is 2.58 bits per heavy atom. The number of halogens is 1. The molecular weight excluding hydrogens is 470 g/mol. The smallest absolute Gasteiger partial charge is 0.338 e. The Bertz CT molecular complexity index is 1470. The Balaban J connectivity index is 1.46. The largest absolute Gasteiger partial charge is 0.468 e. The minimum absolute atomic E-state index is 0.00167. The average molecular weight is 488 g/mol. The van der Waals surface area contributed by atoms with E-state index in [1.54, 1.807) is 31.2 Å². The van der Waals surface area contributed by atoms with Gasteiger partial charge < -0.3 is 13.6 Å². The van der Waals surface area contributed by atoms with Crippen LogP contribution in [0.3, 0.4) is 0 Å². The number of benzene rings is 2. The second kappa shape index (κ2) is 9.22. The van der Waals surface area contributed by atoms with Crippen molar-refractivity contribution in [3.05, 3.63) is 98.8 Å². The summed E-state index contributed by atoms with van der Waals surface area (Å²) < 4.78 is 42.9. The van der Waals surface area contributed by atoms with Crippen LogP contribution in [0, 0.1) is 6.92 Å². The van der Waals surface area contributed by atoms with E-state index < -0.39 is 21.6 Å². The number of rotatable bonds is 7. The number of carbonyl (C=O) groups excluding carboxylic acids is 1. The fraction of sp³-hybridized carbons (Fsp3) is 0.130. The van der Waals surface area contributed by atoms with E-state index in [2.05, 4.69) is 4.72 Å². The summed E-state index contributed by atoms with van der Waals surface area (Å²) in [6, 6.07) is 13.1. The molecule has 2 heterocycles. The number of ether oxygens (including phenoxy) is 1. The predicted octanol–water partition coefficient (Wildman–Crippen LogP) is 4.18. The van der Waals surface area contributed by atoms with Crippen LogP contribution in [-0.4, -0.2) is 14.4 Å². The Labute approximate surface area is 193 Å². The zero-order chi connectivity index (χ0) is 23.6. The fourth-order valence-electron chi connectivity index (χ4n) is 3.13. The maximum absolute atomic E-state index is 12.5. The van der Waals surface area contributed by atoms with Gasteiger partial charge >= 0.3 is 11.6 Å². The molecule has 2 aromatic heterocycles. The quantitative estimate of drug-likeness (QED) is 0.307. The summed E-state index contributed by atoms with van der Waals surface area (Å²) in [5.41, 5.74) is 1.10. The molecule has 0 radical (unpaired) electrons. The van der Waals surface area contributed by atoms with Gasteiger partial charge in [-0.25, -0.2) is 22.7 Å². The van der Waals surface area contributed by atoms with Gasteiger partial charge in [0.05, 0.1) is 23.3 Å². The van der Waals surface area contributed by atoms with Gasteiger partial charge in [0.15, 0.2) is 0 Å². The topological polar surface area (TPSA) is 116 Å². The standard InChI is InChI=1S/C23H18ClNO7S/c1-14-9-21-19(11-20(14)24)16(10-22(26)32-21)13-31-23(27)15-4-6-18(7-5-15)33(28,29)25-12-17-3-2-8-30-17/h2-11,25H,12-13H2,1H3. The number of nitrogens with one attached hydrogen (secondary N) is 1. The summed E-state index contributed by atoms with van der Waals surface area (Å²) in [5.74, 6) is -0.209. The molecule has 0 bridgehead atoms. The third kappa shape index (κ3) is 5.16. The van der Waals surface area contributed by atoms with Gasteiger partial charge in [-0.15, -0.1) is 0 Å². The molecule has 0 amide bonds. The lowest BCUT2D eigenvalue weighted by Crippen LogP contribution is -2.23. The van der Waals surface area contributed by atoms with Crippen molar-refractivity contribution in [3.8, 4) is 0 Å². The number of hydrogen-bond donors (Lipinski definition) is 1. The van der Waals surface area contributed by atoms with Crippen molar-refractivity contribution >= 4 is 38.6 Å². The van der Waals surface area contributed by atoms with Gasteiger partial charge in [0.2, 0.25) is 10.0 Å². The monoisotopic (exact) mass is 487 g/mol. The first-order valence-electron chi connectivity index (χ1n) is 9.75. The maximum Gasteiger partial charge on any atom is 0.338 e. The molecule has 1 N–H and O–H groups in total. The van der Waals surface area contributed by atoms with Crippen LogP contribution in [0.15, 0.2) is 79.4 Å². The Morgan fingerprint density at radius 2 is 1.88 bits per heavy atom. The maximum atomic E-state index is 12.5. The second-order valence-corrected chi connectivity index (χ2v) is 9.37. The Kier molecular flexibility index (Phi) is 6.37. The number of hydrogen-bond acceptors (Lipinski definition) is 7. The van der Waals surface area contributed by atoms with E-state index >= 15 is 0 Å². The molecule has 0 atom stereocenters. The molecule has 4 aromatic rings. The van der Waals surface area contributed by atoms with E-state index in [0.717, 1.165) is 5.56 Å². The van der Waals surface area contributed by atoms with Gasteiger partial charge in [0, 0.05) is 22.0 Å². The molecule has 0 spiro atoms. The van der Waals surface area contributed by atoms with Crippen LogP contribution in [0.5, 0.6) is 0 Å². The van der Waals surface area contributed by atoms with Crippen LogP contribution >= 0.6 is 11.6 Å². The van der Waals surface area contributed by atoms with Gasteiger partial charge in [-0.3, -0.25) is 0 Å². The first kappa shape index (κ1) is 22.8. The van der Waals surface area contributed by atoms with Crippen LogP contribution in [0.2, 0.25) is 5.02 Å². The molecule has 0 aliphatic carbocycles. The molecule has 0 saturated heterocycles. The van der Waals surface area contributed by atoms with Crippen molar-refractivity contribution in [3.63, 3.8) is 0 Å². The lowest BCUT2D eigenvalue weighted by molar-refractivity contribution is 0.0473. The normalized spacial score (nSPS) is 11.6. The summed E-state index contributed by atoms with van der Waals surface area (Å²) in [6.45, 7) is 1.59. The molecule has 2 aromatic carbocycles. The number of sulfonamides is 1. The van der Waals surface area contributed by atoms with Crippen LogP contribution in [0.25, 0.3) is 11.0 Å². The minimum atomic E-state index is -3.79. The van der Waals surface area contributed by atoms with E-state index in [9.17, 15) is 18.0 Å². The molecule has 0 aliphatic heterocycles. The van der Waals surface area contributed by atoms with Crippen molar-refractivity contribution < 1.29 is 26.8 Å². The first-order chi connectivity index (χ1) is 15.7. The summed E-state index contributed by atoms with van der Waals surface area (Å²) in [4.78, 5) is 24.3. The second-order valence-electron chi connectivity index (χ2n) is 7.19. The average Bonchev–Trinajstić information content (AvgIpc) is 3.31. The highest BCUT2D eigenvalue weighted by atomic mass is 35.5. The van der Waals surface area contributed by atoms with E-state index in [-0.39, 0.29) is 23.6 Å². The third-order valence-corrected chi connectivity index (χ3v) is 6.71. The van der Waals surface area contributed by atoms with E-state index in [0.29, 0.717) is 27.3 Å². The van der Waals surface area contributed by atoms with Crippen LogP contribution in [-0.2, 0) is 27.9 Å². The summed E-state index contributed by atoms with van der Waals surface area (Å²) >= 11 is 6.17. The van der Waals surface area contributed by atoms with E-state index in [1.807, 2.05) is 0 Å². The van der Waals surface area contributed by atoms with Crippen molar-refractivity contribution in [1.29, 1.82) is 0 Å². The molecule has 0 unspecified atom stereocenters. The van der Waals surface area contributed by atoms with E-state index in [4.69, 9.17) is 25.2 Å². The number of esters is 1. The van der Waals surface area contributed by atoms with Crippen LogP contribution in [0.4, 0.5) is 0 Å². The number of fused-ring (bicyclic) bond motifs is 1. The molecule has 0 fully saturated rings. The number of furan rings is 1. The minimum Gasteiger partial charge on any atom is -0.468 e. The van der Waals surface area contributed by atoms with Crippen molar-refractivity contribution in [2.45, 2.75) is 25.0 Å². The summed E-state index contributed by atoms with van der Waals surface area (Å²) in [7, 11) is -3.79. The third-order valence-electron chi connectivity index (χ3n) is 4.89. The van der Waals surface area contributed by atoms with Crippen molar-refractivity contribution in [2.75, 3.05) is 0 Å². The molecular formula is C23H18ClNO7S. The highest BCUT2D eigenvalue weighted by Crippen LogP contribution is 2.25. The highest BCUT2D eigenvalue weighted by Gasteiger charge is 2.17. The lowest BCUT2D eigenvalue weighted by Gasteiger charge is -2.09. The zero-order valence-corrected chi connectivity index (χ0v) is 18.9. The van der Waals surface area contributed by atoms with Crippen molar-refractivity contribution in [1.82, 2.24) is 4.72 Å². The molecule has 4 rings (SSSR count). The van der Waals surface area contributed by atoms with Gasteiger partial charge in [-0.05, 0) is 61.0 Å². The molecule has 8 nitrogen and oxygen atoms in total. The van der Waals surface area contributed by atoms with Crippen LogP contribution < -0.4 is 10.3 Å². The molecule has 0 saturated carbocycles. The summed E-state index contributed by atoms with van der Waals surface area (Å²) in [6.07, 6.45) is 1.45. The number of aryl methyl sites for hydroxylation is 1. The molecule has 33 heavy (non-hydrogen) atoms. The zero-order valence-electron chi connectivity index (χ0n) is 17.3. The fourth-order valence-corrected chi connectivity index (χ4v) is 4.28. The Morgan fingerprint density at radius 1 is 1.12 bits per heavy atom. The van der Waals surface area contributed by atoms with Gasteiger partial charge in [-0.2, -0.15) is 0 Å². The molecule has 170 valence electrons. The highest BCUT2D eigenvalue weighted by molar-refractivity contribution is 7.89. The summed E-state index contributed by atoms with van der Waals surface area (Å²) in [5, 5.41) is 1.04. The molecule has 10 heteroatoms. The SMILES string of the molecule is Cc1cc2oc(=O)cc(COC(=O)c3ccc(S(=O)(=O)NCc4ccco4)cc3)c2cc1Cl. The molecule has 0 aliphatic rings. The van der Waals surface area contributed by atoms with Crippen LogP contribution in [0.1, 0.15) is 27.2 Å². The van der Waals surface area contributed by atoms with Crippen molar-refractivity contribution in [2.24, 2.45) is 0 Å². The van der Waals surface area contributed by atoms with Gasteiger partial charge in [0.25, 0.3) is 0 Å². The first-order valence-corrected chi connectivity index (χ1v) is 11.6. The van der Waals surface area contributed by atoms with Gasteiger partial charge in [0.1, 0.15) is 18.0 Å². The van der Waals surface area contributed by atoms with Gasteiger partial charge in [-0.1, -0.05) is 11.6 Å². The lowest BCUT2D eigenvalue weighted by atomic mass is 10.1.